The summed E-state index contributed by atoms with van der Waals surface area (Å²) in [5.41, 5.74) is 5.53. The first-order valence-corrected chi connectivity index (χ1v) is 8.36. The van der Waals surface area contributed by atoms with Crippen LogP contribution < -0.4 is 0 Å². The average molecular weight is 319 g/mol. The Bertz CT molecular complexity index is 1440. The molecule has 0 aliphatic heterocycles. The maximum Gasteiger partial charge on any atom is 0.0964 e. The van der Waals surface area contributed by atoms with Crippen LogP contribution in [0.2, 0.25) is 0 Å². The van der Waals surface area contributed by atoms with Gasteiger partial charge in [0.05, 0.1) is 27.6 Å². The molecule has 0 bridgehead atoms. The minimum Gasteiger partial charge on any atom is -0.307 e. The molecule has 6 rings (SSSR count). The number of benzene rings is 2. The molecule has 0 amide bonds. The summed E-state index contributed by atoms with van der Waals surface area (Å²) in [6, 6.07) is 23.2. The largest absolute Gasteiger partial charge is 0.307 e. The van der Waals surface area contributed by atoms with Crippen molar-refractivity contribution in [2.24, 2.45) is 0 Å². The average Bonchev–Trinajstić information content (AvgIpc) is 3.07. The van der Waals surface area contributed by atoms with E-state index in [0.717, 1.165) is 21.9 Å². The Balaban J connectivity index is 2.08. The van der Waals surface area contributed by atoms with Crippen molar-refractivity contribution in [1.82, 2.24) is 14.4 Å². The van der Waals surface area contributed by atoms with Gasteiger partial charge in [-0.1, -0.05) is 36.4 Å². The summed E-state index contributed by atoms with van der Waals surface area (Å²) in [5, 5.41) is 4.72. The first-order valence-electron chi connectivity index (χ1n) is 8.36. The van der Waals surface area contributed by atoms with E-state index < -0.39 is 0 Å². The number of nitrogens with zero attached hydrogens (tertiary/aromatic N) is 3. The number of pyridine rings is 3. The van der Waals surface area contributed by atoms with Crippen molar-refractivity contribution in [1.29, 1.82) is 0 Å². The smallest absolute Gasteiger partial charge is 0.0964 e. The molecule has 4 aromatic heterocycles. The molecule has 0 aliphatic rings. The van der Waals surface area contributed by atoms with E-state index in [4.69, 9.17) is 4.98 Å². The van der Waals surface area contributed by atoms with E-state index in [2.05, 4.69) is 64.0 Å². The minimum absolute atomic E-state index is 0.990. The van der Waals surface area contributed by atoms with Gasteiger partial charge in [-0.25, -0.2) is 0 Å². The van der Waals surface area contributed by atoms with Gasteiger partial charge in [-0.15, -0.1) is 0 Å². The van der Waals surface area contributed by atoms with Crippen molar-refractivity contribution >= 4 is 49.1 Å². The second-order valence-electron chi connectivity index (χ2n) is 6.36. The summed E-state index contributed by atoms with van der Waals surface area (Å²) in [7, 11) is 0. The second-order valence-corrected chi connectivity index (χ2v) is 6.36. The van der Waals surface area contributed by atoms with E-state index in [1.807, 2.05) is 24.5 Å². The molecule has 2 aromatic carbocycles. The van der Waals surface area contributed by atoms with Gasteiger partial charge in [0, 0.05) is 33.9 Å². The lowest BCUT2D eigenvalue weighted by molar-refractivity contribution is 1.31. The molecule has 0 spiro atoms. The van der Waals surface area contributed by atoms with Crippen LogP contribution in [0.25, 0.3) is 49.1 Å². The summed E-state index contributed by atoms with van der Waals surface area (Å²) in [6.07, 6.45) is 3.82. The highest BCUT2D eigenvalue weighted by Crippen LogP contribution is 2.36. The molecular formula is C22H13N3. The summed E-state index contributed by atoms with van der Waals surface area (Å²) in [5.74, 6) is 0. The lowest BCUT2D eigenvalue weighted by Crippen LogP contribution is -1.94. The van der Waals surface area contributed by atoms with Gasteiger partial charge in [-0.3, -0.25) is 9.97 Å². The van der Waals surface area contributed by atoms with Crippen molar-refractivity contribution < 1.29 is 0 Å². The molecular weight excluding hydrogens is 306 g/mol. The third-order valence-electron chi connectivity index (χ3n) is 5.02. The molecule has 0 fully saturated rings. The van der Waals surface area contributed by atoms with Crippen LogP contribution in [0, 0.1) is 0 Å². The van der Waals surface area contributed by atoms with Gasteiger partial charge >= 0.3 is 0 Å². The van der Waals surface area contributed by atoms with Crippen molar-refractivity contribution in [3.63, 3.8) is 0 Å². The molecule has 0 N–H and O–H groups in total. The summed E-state index contributed by atoms with van der Waals surface area (Å²) < 4.78 is 2.33. The first kappa shape index (κ1) is 12.9. The highest BCUT2D eigenvalue weighted by molar-refractivity contribution is 6.22. The molecule has 0 aliphatic carbocycles. The van der Waals surface area contributed by atoms with Crippen LogP contribution in [0.3, 0.4) is 0 Å². The maximum atomic E-state index is 4.69. The second kappa shape index (κ2) is 4.54. The zero-order chi connectivity index (χ0) is 16.4. The summed E-state index contributed by atoms with van der Waals surface area (Å²) in [6.45, 7) is 0. The predicted molar refractivity (Wildman–Crippen MR) is 103 cm³/mol. The Hall–Kier alpha value is -3.46. The zero-order valence-electron chi connectivity index (χ0n) is 13.3. The van der Waals surface area contributed by atoms with Gasteiger partial charge in [-0.05, 0) is 30.3 Å². The van der Waals surface area contributed by atoms with Crippen LogP contribution in [0.15, 0.2) is 79.1 Å². The highest BCUT2D eigenvalue weighted by atomic mass is 14.9. The van der Waals surface area contributed by atoms with Gasteiger partial charge in [0.25, 0.3) is 0 Å². The molecule has 4 heterocycles. The molecule has 0 radical (unpaired) electrons. The van der Waals surface area contributed by atoms with Crippen molar-refractivity contribution in [3.05, 3.63) is 79.1 Å². The van der Waals surface area contributed by atoms with Crippen molar-refractivity contribution in [3.8, 4) is 0 Å². The topological polar surface area (TPSA) is 30.2 Å². The van der Waals surface area contributed by atoms with Gasteiger partial charge in [-0.2, -0.15) is 0 Å². The third kappa shape index (κ3) is 1.59. The lowest BCUT2D eigenvalue weighted by Gasteiger charge is -2.11. The van der Waals surface area contributed by atoms with E-state index in [0.29, 0.717) is 0 Å². The van der Waals surface area contributed by atoms with E-state index in [9.17, 15) is 0 Å². The molecule has 0 atom stereocenters. The fraction of sp³-hybridized carbons (Fsp3) is 0. The number of aromatic nitrogens is 3. The Kier molecular flexibility index (Phi) is 2.35. The minimum atomic E-state index is 0.990. The Morgan fingerprint density at radius 3 is 2.52 bits per heavy atom. The number of fused-ring (bicyclic) bond motifs is 10. The van der Waals surface area contributed by atoms with Gasteiger partial charge in [0.1, 0.15) is 0 Å². The number of rotatable bonds is 0. The van der Waals surface area contributed by atoms with Gasteiger partial charge < -0.3 is 4.40 Å². The lowest BCUT2D eigenvalue weighted by atomic mass is 10.1. The van der Waals surface area contributed by atoms with Crippen molar-refractivity contribution in [2.75, 3.05) is 0 Å². The molecule has 3 nitrogen and oxygen atoms in total. The molecule has 0 unspecified atom stereocenters. The van der Waals surface area contributed by atoms with Crippen LogP contribution in [0.1, 0.15) is 0 Å². The number of hydrogen-bond acceptors (Lipinski definition) is 2. The van der Waals surface area contributed by atoms with E-state index in [1.54, 1.807) is 0 Å². The van der Waals surface area contributed by atoms with E-state index in [-0.39, 0.29) is 0 Å². The molecule has 25 heavy (non-hydrogen) atoms. The summed E-state index contributed by atoms with van der Waals surface area (Å²) in [4.78, 5) is 9.36. The van der Waals surface area contributed by atoms with Crippen LogP contribution in [0.4, 0.5) is 0 Å². The van der Waals surface area contributed by atoms with Gasteiger partial charge in [0.2, 0.25) is 0 Å². The van der Waals surface area contributed by atoms with Gasteiger partial charge in [0.15, 0.2) is 0 Å². The predicted octanol–water partition coefficient (Wildman–Crippen LogP) is 5.34. The molecule has 116 valence electrons. The normalized spacial score (nSPS) is 12.0. The van der Waals surface area contributed by atoms with Crippen LogP contribution in [0.5, 0.6) is 0 Å². The first-order chi connectivity index (χ1) is 12.4. The SMILES string of the molecule is c1ccc2c(c1)cc1c3c4ccccc4ncc3c3ncccc3n21. The Labute approximate surface area is 143 Å². The molecule has 0 saturated carbocycles. The zero-order valence-corrected chi connectivity index (χ0v) is 13.3. The summed E-state index contributed by atoms with van der Waals surface area (Å²) >= 11 is 0. The quantitative estimate of drug-likeness (QED) is 0.354. The Morgan fingerprint density at radius 2 is 1.52 bits per heavy atom. The van der Waals surface area contributed by atoms with Crippen LogP contribution in [-0.2, 0) is 0 Å². The Morgan fingerprint density at radius 1 is 0.680 bits per heavy atom. The fourth-order valence-corrected chi connectivity index (χ4v) is 3.98. The molecule has 3 heteroatoms. The molecule has 6 aromatic rings. The number of para-hydroxylation sites is 2. The van der Waals surface area contributed by atoms with E-state index in [1.165, 1.54) is 27.2 Å². The molecule has 0 saturated heterocycles. The monoisotopic (exact) mass is 319 g/mol. The van der Waals surface area contributed by atoms with Crippen LogP contribution >= 0.6 is 0 Å². The maximum absolute atomic E-state index is 4.69. The number of hydrogen-bond donors (Lipinski definition) is 0. The van der Waals surface area contributed by atoms with Crippen molar-refractivity contribution in [2.45, 2.75) is 0 Å². The van der Waals surface area contributed by atoms with E-state index >= 15 is 0 Å². The standard InChI is InChI=1S/C22H13N3/c1-4-9-18-14(6-1)12-20-21-15-7-2-3-8-17(15)24-13-16(21)22-19(25(18)20)10-5-11-23-22/h1-13H. The third-order valence-corrected chi connectivity index (χ3v) is 5.02. The fourth-order valence-electron chi connectivity index (χ4n) is 3.98. The van der Waals surface area contributed by atoms with Crippen LogP contribution in [-0.4, -0.2) is 14.4 Å². The highest BCUT2D eigenvalue weighted by Gasteiger charge is 2.14.